The van der Waals surface area contributed by atoms with E-state index in [2.05, 4.69) is 62.1 Å². The van der Waals surface area contributed by atoms with Crippen molar-refractivity contribution in [2.45, 2.75) is 46.7 Å². The van der Waals surface area contributed by atoms with Gasteiger partial charge in [-0.3, -0.25) is 14.8 Å². The minimum Gasteiger partial charge on any atom is -0.351 e. The Morgan fingerprint density at radius 1 is 1.03 bits per heavy atom. The Kier molecular flexibility index (Phi) is 6.99. The van der Waals surface area contributed by atoms with Gasteiger partial charge in [0.1, 0.15) is 0 Å². The molecule has 2 atom stereocenters. The number of rotatable bonds is 6. The molecule has 1 saturated heterocycles. The molecule has 0 unspecified atom stereocenters. The number of hydrogen-bond donors (Lipinski definition) is 2. The molecule has 4 heterocycles. The lowest BCUT2D eigenvalue weighted by atomic mass is 9.96. The maximum atomic E-state index is 12.3. The number of pyridine rings is 2. The van der Waals surface area contributed by atoms with Crippen molar-refractivity contribution in [3.8, 4) is 5.69 Å². The second-order valence-corrected chi connectivity index (χ2v) is 10.4. The normalized spacial score (nSPS) is 17.1. The average Bonchev–Trinajstić information content (AvgIpc) is 3.41. The molecule has 4 aromatic rings. The van der Waals surface area contributed by atoms with Gasteiger partial charge in [0.25, 0.3) is 0 Å². The number of benzene rings is 1. The highest BCUT2D eigenvalue weighted by Crippen LogP contribution is 2.44. The Balaban J connectivity index is 1.61. The maximum Gasteiger partial charge on any atom is 0.226 e. The lowest BCUT2D eigenvalue weighted by Gasteiger charge is -2.29. The lowest BCUT2D eigenvalue weighted by Crippen LogP contribution is -2.29. The number of nitrogens with one attached hydrogen (secondary N) is 2. The molecule has 38 heavy (non-hydrogen) atoms. The molecule has 0 spiro atoms. The minimum absolute atomic E-state index is 0.00450. The molecule has 1 amide bonds. The first kappa shape index (κ1) is 25.6. The number of nitrogens with zero attached hydrogens (tertiary/aromatic N) is 4. The molecule has 1 aliphatic rings. The molecule has 0 saturated carbocycles. The molecular weight excluding hydrogens is 492 g/mol. The molecular formula is C30H32N6OS. The van der Waals surface area contributed by atoms with E-state index in [1.807, 2.05) is 69.6 Å². The number of anilines is 2. The smallest absolute Gasteiger partial charge is 0.226 e. The van der Waals surface area contributed by atoms with Crippen molar-refractivity contribution in [2.24, 2.45) is 5.92 Å². The van der Waals surface area contributed by atoms with Crippen LogP contribution in [0.3, 0.4) is 0 Å². The maximum absolute atomic E-state index is 12.3. The molecule has 3 aromatic heterocycles. The largest absolute Gasteiger partial charge is 0.351 e. The average molecular weight is 525 g/mol. The van der Waals surface area contributed by atoms with Crippen molar-refractivity contribution in [3.05, 3.63) is 101 Å². The Hall–Kier alpha value is -4.04. The van der Waals surface area contributed by atoms with Crippen LogP contribution < -0.4 is 15.5 Å². The molecule has 0 radical (unpaired) electrons. The zero-order valence-corrected chi connectivity index (χ0v) is 23.1. The summed E-state index contributed by atoms with van der Waals surface area (Å²) in [6, 6.07) is 18.0. The van der Waals surface area contributed by atoms with E-state index in [0.717, 1.165) is 45.3 Å². The lowest BCUT2D eigenvalue weighted by molar-refractivity contribution is -0.118. The van der Waals surface area contributed by atoms with Crippen LogP contribution in [0.2, 0.25) is 0 Å². The van der Waals surface area contributed by atoms with Crippen LogP contribution in [-0.2, 0) is 4.79 Å². The SMILES string of the molecule is Cc1cc(N2C(=S)N[C@@H](c3ccccn3)[C@H]2c2cc(C)n(-c3cccnc3)c2C)ccc1NC(=O)C(C)C. The van der Waals surface area contributed by atoms with E-state index in [-0.39, 0.29) is 23.9 Å². The van der Waals surface area contributed by atoms with Gasteiger partial charge in [-0.2, -0.15) is 0 Å². The van der Waals surface area contributed by atoms with Crippen LogP contribution in [0.5, 0.6) is 0 Å². The Bertz CT molecular complexity index is 1480. The van der Waals surface area contributed by atoms with Gasteiger partial charge in [0, 0.05) is 41.1 Å². The zero-order valence-electron chi connectivity index (χ0n) is 22.3. The van der Waals surface area contributed by atoms with Gasteiger partial charge < -0.3 is 20.1 Å². The van der Waals surface area contributed by atoms with E-state index < -0.39 is 0 Å². The molecule has 1 aliphatic heterocycles. The van der Waals surface area contributed by atoms with Crippen LogP contribution in [0.25, 0.3) is 5.69 Å². The molecule has 8 heteroatoms. The standard InChI is InChI=1S/C30H32N6OS/c1-18(2)29(37)33-25-12-11-22(15-19(25)3)36-28(27(34-30(36)38)26-10-6-7-14-32-26)24-16-20(4)35(21(24)5)23-9-8-13-31-17-23/h6-18,27-28H,1-5H3,(H,33,37)(H,34,38)/t27-,28+/m0/s1. The number of carbonyl (C=O) groups excluding carboxylic acids is 1. The van der Waals surface area contributed by atoms with Gasteiger partial charge in [0.2, 0.25) is 5.91 Å². The highest BCUT2D eigenvalue weighted by molar-refractivity contribution is 7.80. The second kappa shape index (κ2) is 10.4. The van der Waals surface area contributed by atoms with Crippen molar-refractivity contribution >= 4 is 34.6 Å². The molecule has 7 nitrogen and oxygen atoms in total. The van der Waals surface area contributed by atoms with Gasteiger partial charge in [0.15, 0.2) is 5.11 Å². The summed E-state index contributed by atoms with van der Waals surface area (Å²) in [5, 5.41) is 7.21. The van der Waals surface area contributed by atoms with Gasteiger partial charge in [0.05, 0.1) is 29.7 Å². The van der Waals surface area contributed by atoms with Gasteiger partial charge >= 0.3 is 0 Å². The number of hydrogen-bond acceptors (Lipinski definition) is 4. The molecule has 2 N–H and O–H groups in total. The summed E-state index contributed by atoms with van der Waals surface area (Å²) in [5.74, 6) is -0.0989. The first-order valence-electron chi connectivity index (χ1n) is 12.8. The zero-order chi connectivity index (χ0) is 27.0. The number of amides is 1. The first-order chi connectivity index (χ1) is 18.3. The van der Waals surface area contributed by atoms with Gasteiger partial charge in [-0.05, 0) is 92.6 Å². The highest BCUT2D eigenvalue weighted by atomic mass is 32.1. The Labute approximate surface area is 228 Å². The summed E-state index contributed by atoms with van der Waals surface area (Å²) in [7, 11) is 0. The van der Waals surface area contributed by atoms with Crippen LogP contribution >= 0.6 is 12.2 Å². The quantitative estimate of drug-likeness (QED) is 0.303. The van der Waals surface area contributed by atoms with Crippen molar-refractivity contribution in [3.63, 3.8) is 0 Å². The molecule has 1 aromatic carbocycles. The molecule has 0 aliphatic carbocycles. The van der Waals surface area contributed by atoms with Gasteiger partial charge in [-0.25, -0.2) is 0 Å². The third-order valence-corrected chi connectivity index (χ3v) is 7.38. The van der Waals surface area contributed by atoms with Gasteiger partial charge in [-0.1, -0.05) is 19.9 Å². The molecule has 194 valence electrons. The highest BCUT2D eigenvalue weighted by Gasteiger charge is 2.42. The van der Waals surface area contributed by atoms with Crippen LogP contribution in [0.1, 0.15) is 54.1 Å². The topological polar surface area (TPSA) is 75.1 Å². The fourth-order valence-corrected chi connectivity index (χ4v) is 5.48. The first-order valence-corrected chi connectivity index (χ1v) is 13.2. The Morgan fingerprint density at radius 3 is 2.50 bits per heavy atom. The third kappa shape index (κ3) is 4.67. The number of aryl methyl sites for hydroxylation is 2. The summed E-state index contributed by atoms with van der Waals surface area (Å²) in [4.78, 5) is 23.5. The number of thiocarbonyl (C=S) groups is 1. The van der Waals surface area contributed by atoms with E-state index in [0.29, 0.717) is 5.11 Å². The third-order valence-electron chi connectivity index (χ3n) is 7.06. The summed E-state index contributed by atoms with van der Waals surface area (Å²) < 4.78 is 2.23. The van der Waals surface area contributed by atoms with Crippen molar-refractivity contribution in [1.29, 1.82) is 0 Å². The van der Waals surface area contributed by atoms with Crippen LogP contribution in [0, 0.1) is 26.7 Å². The monoisotopic (exact) mass is 524 g/mol. The van der Waals surface area contributed by atoms with Crippen LogP contribution in [0.15, 0.2) is 73.2 Å². The summed E-state index contributed by atoms with van der Waals surface area (Å²) in [5.41, 5.74) is 8.07. The fourth-order valence-electron chi connectivity index (χ4n) is 5.13. The fraction of sp³-hybridized carbons (Fsp3) is 0.267. The number of aromatic nitrogens is 3. The van der Waals surface area contributed by atoms with Gasteiger partial charge in [-0.15, -0.1) is 0 Å². The van der Waals surface area contributed by atoms with Crippen LogP contribution in [-0.4, -0.2) is 25.6 Å². The van der Waals surface area contributed by atoms with Crippen molar-refractivity contribution in [1.82, 2.24) is 19.9 Å². The predicted octanol–water partition coefficient (Wildman–Crippen LogP) is 5.96. The Morgan fingerprint density at radius 2 is 1.84 bits per heavy atom. The van der Waals surface area contributed by atoms with E-state index in [1.54, 1.807) is 6.20 Å². The molecule has 0 bridgehead atoms. The van der Waals surface area contributed by atoms with E-state index in [4.69, 9.17) is 12.2 Å². The predicted molar refractivity (Wildman–Crippen MR) is 156 cm³/mol. The van der Waals surface area contributed by atoms with E-state index in [1.165, 1.54) is 0 Å². The van der Waals surface area contributed by atoms with E-state index in [9.17, 15) is 4.79 Å². The van der Waals surface area contributed by atoms with Crippen molar-refractivity contribution in [2.75, 3.05) is 10.2 Å². The molecule has 5 rings (SSSR count). The summed E-state index contributed by atoms with van der Waals surface area (Å²) >= 11 is 5.93. The summed E-state index contributed by atoms with van der Waals surface area (Å²) in [6.45, 7) is 10.0. The van der Waals surface area contributed by atoms with Crippen molar-refractivity contribution < 1.29 is 4.79 Å². The molecule has 1 fully saturated rings. The minimum atomic E-state index is -0.146. The van der Waals surface area contributed by atoms with Crippen LogP contribution in [0.4, 0.5) is 11.4 Å². The summed E-state index contributed by atoms with van der Waals surface area (Å²) in [6.07, 6.45) is 5.48. The van der Waals surface area contributed by atoms with E-state index >= 15 is 0 Å². The second-order valence-electron chi connectivity index (χ2n) is 10.0. The number of carbonyl (C=O) groups is 1.